The van der Waals surface area contributed by atoms with Gasteiger partial charge in [0.25, 0.3) is 11.5 Å². The molecule has 2 heterocycles. The third kappa shape index (κ3) is 3.52. The highest BCUT2D eigenvalue weighted by Crippen LogP contribution is 2.23. The number of hydrogen-bond donors (Lipinski definition) is 1. The van der Waals surface area contributed by atoms with E-state index in [0.29, 0.717) is 17.1 Å². The lowest BCUT2D eigenvalue weighted by Gasteiger charge is -2.25. The number of methoxy groups -OCH3 is 1. The maximum Gasteiger partial charge on any atom is 0.267 e. The molecule has 3 rings (SSSR count). The maximum atomic E-state index is 12.8. The number of thiophene rings is 1. The predicted molar refractivity (Wildman–Crippen MR) is 103 cm³/mol. The van der Waals surface area contributed by atoms with Gasteiger partial charge in [-0.1, -0.05) is 6.07 Å². The second-order valence-corrected chi connectivity index (χ2v) is 7.14. The van der Waals surface area contributed by atoms with Crippen LogP contribution in [0.4, 0.5) is 5.69 Å². The van der Waals surface area contributed by atoms with Gasteiger partial charge in [-0.2, -0.15) is 5.10 Å². The summed E-state index contributed by atoms with van der Waals surface area (Å²) >= 11 is 1.53. The highest BCUT2D eigenvalue weighted by Gasteiger charge is 2.32. The molecule has 0 fully saturated rings. The summed E-state index contributed by atoms with van der Waals surface area (Å²) < 4.78 is 6.33. The molecule has 0 saturated carbocycles. The van der Waals surface area contributed by atoms with E-state index in [-0.39, 0.29) is 11.5 Å². The van der Waals surface area contributed by atoms with Crippen molar-refractivity contribution in [3.8, 4) is 16.3 Å². The first-order chi connectivity index (χ1) is 12.4. The second kappa shape index (κ2) is 7.13. The lowest BCUT2D eigenvalue weighted by Crippen LogP contribution is -2.47. The molecule has 7 heteroatoms. The average molecular weight is 369 g/mol. The van der Waals surface area contributed by atoms with Crippen LogP contribution in [0.15, 0.2) is 58.7 Å². The van der Waals surface area contributed by atoms with Crippen molar-refractivity contribution in [1.29, 1.82) is 0 Å². The van der Waals surface area contributed by atoms with Crippen molar-refractivity contribution in [1.82, 2.24) is 9.78 Å². The van der Waals surface area contributed by atoms with Crippen molar-refractivity contribution in [2.45, 2.75) is 19.4 Å². The quantitative estimate of drug-likeness (QED) is 0.748. The zero-order chi connectivity index (χ0) is 18.7. The molecule has 2 aromatic heterocycles. The van der Waals surface area contributed by atoms with Crippen LogP contribution in [0, 0.1) is 0 Å². The summed E-state index contributed by atoms with van der Waals surface area (Å²) in [6, 6.07) is 13.9. The van der Waals surface area contributed by atoms with Crippen LogP contribution >= 0.6 is 11.3 Å². The highest BCUT2D eigenvalue weighted by molar-refractivity contribution is 7.13. The molecule has 134 valence electrons. The Labute approximate surface area is 155 Å². The monoisotopic (exact) mass is 369 g/mol. The van der Waals surface area contributed by atoms with E-state index in [4.69, 9.17) is 4.74 Å². The summed E-state index contributed by atoms with van der Waals surface area (Å²) in [6.07, 6.45) is 0. The Morgan fingerprint density at radius 1 is 1.15 bits per heavy atom. The second-order valence-electron chi connectivity index (χ2n) is 6.19. The van der Waals surface area contributed by atoms with Crippen LogP contribution in [0.5, 0.6) is 5.75 Å². The molecule has 26 heavy (non-hydrogen) atoms. The van der Waals surface area contributed by atoms with E-state index in [2.05, 4.69) is 10.4 Å². The van der Waals surface area contributed by atoms with E-state index in [0.717, 1.165) is 4.88 Å². The van der Waals surface area contributed by atoms with Gasteiger partial charge in [0.2, 0.25) is 0 Å². The molecule has 0 aliphatic carbocycles. The minimum atomic E-state index is -1.16. The summed E-state index contributed by atoms with van der Waals surface area (Å²) in [4.78, 5) is 26.1. The summed E-state index contributed by atoms with van der Waals surface area (Å²) in [6.45, 7) is 3.33. The first kappa shape index (κ1) is 17.9. The number of aromatic nitrogens is 2. The molecule has 0 radical (unpaired) electrons. The largest absolute Gasteiger partial charge is 0.497 e. The van der Waals surface area contributed by atoms with Gasteiger partial charge in [-0.05, 0) is 55.6 Å². The number of amides is 1. The minimum Gasteiger partial charge on any atom is -0.497 e. The number of ether oxygens (including phenoxy) is 1. The van der Waals surface area contributed by atoms with Crippen LogP contribution in [0.25, 0.3) is 10.6 Å². The Morgan fingerprint density at radius 2 is 1.88 bits per heavy atom. The molecule has 0 aliphatic heterocycles. The third-order valence-electron chi connectivity index (χ3n) is 4.01. The molecule has 0 unspecified atom stereocenters. The van der Waals surface area contributed by atoms with Gasteiger partial charge in [-0.15, -0.1) is 11.3 Å². The van der Waals surface area contributed by atoms with E-state index in [1.807, 2.05) is 17.5 Å². The van der Waals surface area contributed by atoms with Crippen LogP contribution < -0.4 is 15.6 Å². The number of nitrogens with one attached hydrogen (secondary N) is 1. The molecule has 0 saturated heterocycles. The van der Waals surface area contributed by atoms with Gasteiger partial charge >= 0.3 is 0 Å². The van der Waals surface area contributed by atoms with E-state index in [9.17, 15) is 9.59 Å². The van der Waals surface area contributed by atoms with Crippen molar-refractivity contribution in [2.24, 2.45) is 0 Å². The predicted octanol–water partition coefficient (Wildman–Crippen LogP) is 3.35. The van der Waals surface area contributed by atoms with E-state index < -0.39 is 5.54 Å². The fourth-order valence-electron chi connectivity index (χ4n) is 2.42. The van der Waals surface area contributed by atoms with Crippen molar-refractivity contribution in [2.75, 3.05) is 12.4 Å². The Hall–Kier alpha value is -2.93. The van der Waals surface area contributed by atoms with E-state index in [1.165, 1.54) is 22.1 Å². The first-order valence-electron chi connectivity index (χ1n) is 8.02. The van der Waals surface area contributed by atoms with Crippen molar-refractivity contribution < 1.29 is 9.53 Å². The van der Waals surface area contributed by atoms with E-state index >= 15 is 0 Å². The zero-order valence-electron chi connectivity index (χ0n) is 14.7. The smallest absolute Gasteiger partial charge is 0.267 e. The molecular formula is C19H19N3O3S. The number of benzene rings is 1. The van der Waals surface area contributed by atoms with Crippen LogP contribution in [0.1, 0.15) is 13.8 Å². The van der Waals surface area contributed by atoms with Crippen molar-refractivity contribution in [3.05, 3.63) is 64.3 Å². The lowest BCUT2D eigenvalue weighted by atomic mass is 10.0. The fraction of sp³-hybridized carbons (Fsp3) is 0.211. The molecule has 0 aliphatic rings. The summed E-state index contributed by atoms with van der Waals surface area (Å²) in [5, 5.41) is 9.17. The van der Waals surface area contributed by atoms with Gasteiger partial charge in [0.1, 0.15) is 17.0 Å². The molecule has 0 bridgehead atoms. The first-order valence-corrected chi connectivity index (χ1v) is 8.90. The Bertz CT molecular complexity index is 960. The Morgan fingerprint density at radius 3 is 2.50 bits per heavy atom. The molecule has 0 atom stereocenters. The third-order valence-corrected chi connectivity index (χ3v) is 4.90. The topological polar surface area (TPSA) is 73.2 Å². The molecule has 3 aromatic rings. The van der Waals surface area contributed by atoms with Crippen LogP contribution in [-0.2, 0) is 10.3 Å². The molecular weight excluding hydrogens is 350 g/mol. The molecule has 1 aromatic carbocycles. The van der Waals surface area contributed by atoms with Gasteiger partial charge in [0.15, 0.2) is 0 Å². The van der Waals surface area contributed by atoms with Gasteiger partial charge in [0.05, 0.1) is 12.0 Å². The van der Waals surface area contributed by atoms with Gasteiger partial charge in [-0.3, -0.25) is 9.59 Å². The maximum absolute atomic E-state index is 12.8. The van der Waals surface area contributed by atoms with Crippen molar-refractivity contribution in [3.63, 3.8) is 0 Å². The zero-order valence-corrected chi connectivity index (χ0v) is 15.5. The summed E-state index contributed by atoms with van der Waals surface area (Å²) in [5.41, 5.74) is -0.221. The average Bonchev–Trinajstić information content (AvgIpc) is 3.17. The molecule has 1 amide bonds. The number of carbonyl (C=O) groups is 1. The normalized spacial score (nSPS) is 11.2. The fourth-order valence-corrected chi connectivity index (χ4v) is 3.11. The van der Waals surface area contributed by atoms with Crippen LogP contribution in [0.2, 0.25) is 0 Å². The summed E-state index contributed by atoms with van der Waals surface area (Å²) in [7, 11) is 1.58. The number of anilines is 1. The number of rotatable bonds is 5. The highest BCUT2D eigenvalue weighted by atomic mass is 32.1. The minimum absolute atomic E-state index is 0.333. The summed E-state index contributed by atoms with van der Waals surface area (Å²) in [5.74, 6) is 0.365. The standard InChI is InChI=1S/C19H19N3O3S/c1-19(2,18(24)20-13-6-8-14(25-3)9-7-13)22-17(23)11-10-15(21-22)16-5-4-12-26-16/h4-12H,1-3H3,(H,20,24). The number of hydrogen-bond acceptors (Lipinski definition) is 5. The molecule has 6 nitrogen and oxygen atoms in total. The van der Waals surface area contributed by atoms with E-state index in [1.54, 1.807) is 51.3 Å². The van der Waals surface area contributed by atoms with Crippen LogP contribution in [-0.4, -0.2) is 22.8 Å². The Balaban J connectivity index is 1.89. The Kier molecular flexibility index (Phi) is 4.90. The van der Waals surface area contributed by atoms with Crippen molar-refractivity contribution >= 4 is 22.9 Å². The SMILES string of the molecule is COc1ccc(NC(=O)C(C)(C)n2nc(-c3cccs3)ccc2=O)cc1. The van der Waals surface area contributed by atoms with Crippen LogP contribution in [0.3, 0.4) is 0 Å². The van der Waals surface area contributed by atoms with Gasteiger partial charge in [-0.25, -0.2) is 4.68 Å². The van der Waals surface area contributed by atoms with Gasteiger partial charge < -0.3 is 10.1 Å². The molecule has 1 N–H and O–H groups in total. The number of carbonyl (C=O) groups excluding carboxylic acids is 1. The lowest BCUT2D eigenvalue weighted by molar-refractivity contribution is -0.123. The molecule has 0 spiro atoms. The number of nitrogens with zero attached hydrogens (tertiary/aromatic N) is 2. The van der Waals surface area contributed by atoms with Gasteiger partial charge in [0, 0.05) is 11.8 Å².